The number of likely N-dealkylation sites (tertiary alicyclic amines) is 1. The molecule has 1 aliphatic heterocycles. The van der Waals surface area contributed by atoms with Crippen LogP contribution in [0, 0.1) is 5.92 Å². The lowest BCUT2D eigenvalue weighted by Crippen LogP contribution is -2.30. The Morgan fingerprint density at radius 2 is 2.38 bits per heavy atom. The summed E-state index contributed by atoms with van der Waals surface area (Å²) in [7, 11) is 0. The fourth-order valence-electron chi connectivity index (χ4n) is 2.51. The van der Waals surface area contributed by atoms with Crippen molar-refractivity contribution < 1.29 is 9.90 Å². The molecule has 0 radical (unpaired) electrons. The quantitative estimate of drug-likeness (QED) is 0.820. The molecule has 1 fully saturated rings. The van der Waals surface area contributed by atoms with Crippen LogP contribution in [0.2, 0.25) is 5.15 Å². The summed E-state index contributed by atoms with van der Waals surface area (Å²) in [4.78, 5) is 18.5. The van der Waals surface area contributed by atoms with Gasteiger partial charge in [-0.1, -0.05) is 18.5 Å². The van der Waals surface area contributed by atoms with E-state index in [-0.39, 0.29) is 17.9 Å². The zero-order chi connectivity index (χ0) is 15.4. The van der Waals surface area contributed by atoms with Gasteiger partial charge < -0.3 is 15.3 Å². The monoisotopic (exact) mass is 311 g/mol. The summed E-state index contributed by atoms with van der Waals surface area (Å²) in [6, 6.07) is 3.33. The molecule has 0 bridgehead atoms. The molecular weight excluding hydrogens is 290 g/mol. The minimum absolute atomic E-state index is 0.0537. The summed E-state index contributed by atoms with van der Waals surface area (Å²) in [6.07, 6.45) is 1.42. The number of anilines is 1. The van der Waals surface area contributed by atoms with E-state index < -0.39 is 0 Å². The predicted molar refractivity (Wildman–Crippen MR) is 83.7 cm³/mol. The molecular formula is C15H22ClN3O2. The van der Waals surface area contributed by atoms with Gasteiger partial charge in [0.1, 0.15) is 11.0 Å². The topological polar surface area (TPSA) is 65.5 Å². The third kappa shape index (κ3) is 4.08. The van der Waals surface area contributed by atoms with Crippen LogP contribution in [0.1, 0.15) is 37.0 Å². The lowest BCUT2D eigenvalue weighted by molar-refractivity contribution is 0.0762. The second-order valence-corrected chi connectivity index (χ2v) is 5.92. The number of carbonyl (C=O) groups excluding carboxylic acids is 1. The molecule has 1 amide bonds. The van der Waals surface area contributed by atoms with Crippen LogP contribution < -0.4 is 5.32 Å². The van der Waals surface area contributed by atoms with Crippen molar-refractivity contribution in [1.82, 2.24) is 9.88 Å². The second-order valence-electron chi connectivity index (χ2n) is 5.53. The van der Waals surface area contributed by atoms with E-state index in [9.17, 15) is 9.90 Å². The molecule has 116 valence electrons. The van der Waals surface area contributed by atoms with E-state index in [4.69, 9.17) is 11.6 Å². The number of hydrogen-bond donors (Lipinski definition) is 2. The molecule has 2 N–H and O–H groups in total. The summed E-state index contributed by atoms with van der Waals surface area (Å²) in [5.41, 5.74) is 0.542. The van der Waals surface area contributed by atoms with Crippen molar-refractivity contribution in [2.75, 3.05) is 25.0 Å². The zero-order valence-corrected chi connectivity index (χ0v) is 13.2. The van der Waals surface area contributed by atoms with Gasteiger partial charge in [0.15, 0.2) is 0 Å². The molecule has 1 aromatic rings. The van der Waals surface area contributed by atoms with Crippen molar-refractivity contribution in [1.29, 1.82) is 0 Å². The maximum Gasteiger partial charge on any atom is 0.254 e. The van der Waals surface area contributed by atoms with Crippen LogP contribution in [0.4, 0.5) is 5.82 Å². The Morgan fingerprint density at radius 3 is 3.00 bits per heavy atom. The number of halogens is 1. The smallest absolute Gasteiger partial charge is 0.254 e. The van der Waals surface area contributed by atoms with Gasteiger partial charge >= 0.3 is 0 Å². The van der Waals surface area contributed by atoms with E-state index in [0.29, 0.717) is 29.6 Å². The van der Waals surface area contributed by atoms with E-state index in [1.165, 1.54) is 0 Å². The highest BCUT2D eigenvalue weighted by Crippen LogP contribution is 2.23. The van der Waals surface area contributed by atoms with Gasteiger partial charge in [-0.25, -0.2) is 4.98 Å². The van der Waals surface area contributed by atoms with Gasteiger partial charge in [-0.05, 0) is 31.9 Å². The third-order valence-electron chi connectivity index (χ3n) is 3.79. The average molecular weight is 312 g/mol. The number of amides is 1. The number of hydrogen-bond acceptors (Lipinski definition) is 4. The Balaban J connectivity index is 2.10. The van der Waals surface area contributed by atoms with Crippen LogP contribution in [-0.2, 0) is 0 Å². The number of nitrogens with zero attached hydrogens (tertiary/aromatic N) is 2. The molecule has 0 spiro atoms. The molecule has 2 heterocycles. The van der Waals surface area contributed by atoms with E-state index in [0.717, 1.165) is 19.4 Å². The lowest BCUT2D eigenvalue weighted by atomic mass is 10.0. The number of aliphatic hydroxyl groups excluding tert-OH is 1. The largest absolute Gasteiger partial charge is 0.393 e. The number of carbonyl (C=O) groups is 1. The van der Waals surface area contributed by atoms with Gasteiger partial charge in [-0.2, -0.15) is 0 Å². The summed E-state index contributed by atoms with van der Waals surface area (Å²) in [5, 5.41) is 13.1. The van der Waals surface area contributed by atoms with Gasteiger partial charge in [0, 0.05) is 31.1 Å². The van der Waals surface area contributed by atoms with Crippen molar-refractivity contribution in [2.24, 2.45) is 5.92 Å². The van der Waals surface area contributed by atoms with E-state index in [1.54, 1.807) is 24.0 Å². The molecule has 6 heteroatoms. The Kier molecular flexibility index (Phi) is 5.42. The molecule has 1 aliphatic rings. The summed E-state index contributed by atoms with van der Waals surface area (Å²) >= 11 is 6.00. The van der Waals surface area contributed by atoms with Gasteiger partial charge in [0.25, 0.3) is 5.91 Å². The number of nitrogens with one attached hydrogen (secondary N) is 1. The summed E-state index contributed by atoms with van der Waals surface area (Å²) < 4.78 is 0. The molecule has 21 heavy (non-hydrogen) atoms. The summed E-state index contributed by atoms with van der Waals surface area (Å²) in [5.74, 6) is 0.727. The highest BCUT2D eigenvalue weighted by molar-refractivity contribution is 6.29. The Bertz CT molecular complexity index is 508. The van der Waals surface area contributed by atoms with E-state index >= 15 is 0 Å². The molecule has 0 saturated carbocycles. The molecule has 1 saturated heterocycles. The van der Waals surface area contributed by atoms with Crippen LogP contribution in [0.3, 0.4) is 0 Å². The normalized spacial score (nSPS) is 19.6. The molecule has 2 rings (SSSR count). The van der Waals surface area contributed by atoms with E-state index in [2.05, 4.69) is 17.2 Å². The van der Waals surface area contributed by atoms with Gasteiger partial charge in [0.05, 0.1) is 6.10 Å². The Morgan fingerprint density at radius 1 is 1.62 bits per heavy atom. The first-order chi connectivity index (χ1) is 10.0. The van der Waals surface area contributed by atoms with Crippen molar-refractivity contribution >= 4 is 23.3 Å². The Hall–Kier alpha value is -1.33. The van der Waals surface area contributed by atoms with Crippen molar-refractivity contribution in [3.63, 3.8) is 0 Å². The second kappa shape index (κ2) is 7.09. The number of pyridine rings is 1. The first-order valence-electron chi connectivity index (χ1n) is 7.40. The van der Waals surface area contributed by atoms with Crippen LogP contribution in [0.15, 0.2) is 12.1 Å². The minimum Gasteiger partial charge on any atom is -0.393 e. The van der Waals surface area contributed by atoms with Crippen molar-refractivity contribution in [3.05, 3.63) is 22.8 Å². The number of rotatable bonds is 5. The highest BCUT2D eigenvalue weighted by Gasteiger charge is 2.29. The number of aliphatic hydroxyl groups is 1. The number of aromatic nitrogens is 1. The van der Waals surface area contributed by atoms with E-state index in [1.807, 2.05) is 0 Å². The van der Waals surface area contributed by atoms with Crippen LogP contribution >= 0.6 is 11.6 Å². The molecule has 2 atom stereocenters. The first kappa shape index (κ1) is 16.0. The van der Waals surface area contributed by atoms with Gasteiger partial charge in [-0.3, -0.25) is 4.79 Å². The lowest BCUT2D eigenvalue weighted by Gasteiger charge is -2.18. The third-order valence-corrected chi connectivity index (χ3v) is 3.98. The van der Waals surface area contributed by atoms with Crippen molar-refractivity contribution in [2.45, 2.75) is 32.8 Å². The average Bonchev–Trinajstić information content (AvgIpc) is 2.93. The zero-order valence-electron chi connectivity index (χ0n) is 12.5. The fraction of sp³-hybridized carbons (Fsp3) is 0.600. The fourth-order valence-corrected chi connectivity index (χ4v) is 2.72. The molecule has 2 unspecified atom stereocenters. The molecule has 0 aliphatic carbocycles. The maximum absolute atomic E-state index is 12.5. The molecule has 5 nitrogen and oxygen atoms in total. The van der Waals surface area contributed by atoms with Gasteiger partial charge in [0.2, 0.25) is 0 Å². The summed E-state index contributed by atoms with van der Waals surface area (Å²) in [6.45, 7) is 5.88. The first-order valence-corrected chi connectivity index (χ1v) is 7.78. The molecule has 0 aromatic carbocycles. The highest BCUT2D eigenvalue weighted by atomic mass is 35.5. The van der Waals surface area contributed by atoms with Crippen LogP contribution in [-0.4, -0.2) is 46.6 Å². The van der Waals surface area contributed by atoms with Gasteiger partial charge in [-0.15, -0.1) is 0 Å². The maximum atomic E-state index is 12.5. The minimum atomic E-state index is -0.384. The molecule has 1 aromatic heterocycles. The van der Waals surface area contributed by atoms with Crippen molar-refractivity contribution in [3.8, 4) is 0 Å². The Labute approximate surface area is 130 Å². The van der Waals surface area contributed by atoms with Crippen LogP contribution in [0.25, 0.3) is 0 Å². The standard InChI is InChI=1S/C15H22ClN3O2/c1-3-5-17-14-8-12(7-13(16)18-14)15(21)19-6-4-11(9-19)10(2)20/h7-8,10-11,20H,3-6,9H2,1-2H3,(H,17,18). The SMILES string of the molecule is CCCNc1cc(C(=O)N2CCC(C(C)O)C2)cc(Cl)n1. The van der Waals surface area contributed by atoms with Crippen LogP contribution in [0.5, 0.6) is 0 Å². The predicted octanol–water partition coefficient (Wildman–Crippen LogP) is 2.40.